The Balaban J connectivity index is 1.81. The number of carboxylic acids is 1. The standard InChI is InChI=1S/C25H19BrN2O4/c26-20-13-9-18(10-14-20)23(29)28-22(8-4-7-17-5-2-1-3-6-17)24(30)27-21-15-11-19(12-16-21)25(31)32/h1-16H,(H,27,30)(H,28,29)(H,31,32)/p-1. The number of nitrogens with one attached hydrogen (secondary N) is 2. The molecule has 0 bridgehead atoms. The quantitative estimate of drug-likeness (QED) is 0.389. The number of anilines is 1. The van der Waals surface area contributed by atoms with E-state index in [1.807, 2.05) is 30.3 Å². The van der Waals surface area contributed by atoms with E-state index < -0.39 is 17.8 Å². The molecule has 32 heavy (non-hydrogen) atoms. The van der Waals surface area contributed by atoms with Gasteiger partial charge in [-0.1, -0.05) is 70.5 Å². The number of halogens is 1. The van der Waals surface area contributed by atoms with Crippen molar-refractivity contribution in [1.82, 2.24) is 5.32 Å². The minimum Gasteiger partial charge on any atom is -0.545 e. The molecular formula is C25H18BrN2O4-. The largest absolute Gasteiger partial charge is 0.545 e. The molecule has 0 aliphatic heterocycles. The Kier molecular flexibility index (Phi) is 7.72. The predicted octanol–water partition coefficient (Wildman–Crippen LogP) is 3.78. The molecule has 3 aromatic carbocycles. The highest BCUT2D eigenvalue weighted by Gasteiger charge is 2.14. The molecule has 0 aliphatic rings. The van der Waals surface area contributed by atoms with Crippen LogP contribution in [0.5, 0.6) is 0 Å². The summed E-state index contributed by atoms with van der Waals surface area (Å²) in [4.78, 5) is 36.4. The predicted molar refractivity (Wildman–Crippen MR) is 125 cm³/mol. The number of rotatable bonds is 7. The van der Waals surface area contributed by atoms with Crippen molar-refractivity contribution in [3.05, 3.63) is 118 Å². The summed E-state index contributed by atoms with van der Waals surface area (Å²) >= 11 is 3.32. The van der Waals surface area contributed by atoms with E-state index in [0.717, 1.165) is 10.0 Å². The molecule has 3 aromatic rings. The lowest BCUT2D eigenvalue weighted by atomic mass is 10.2. The lowest BCUT2D eigenvalue weighted by molar-refractivity contribution is -0.255. The van der Waals surface area contributed by atoms with Crippen LogP contribution in [0.1, 0.15) is 26.3 Å². The minimum atomic E-state index is -1.31. The molecule has 0 aromatic heterocycles. The summed E-state index contributed by atoms with van der Waals surface area (Å²) in [5.41, 5.74) is 1.70. The van der Waals surface area contributed by atoms with Crippen molar-refractivity contribution in [3.63, 3.8) is 0 Å². The Bertz CT molecular complexity index is 1170. The van der Waals surface area contributed by atoms with Crippen LogP contribution < -0.4 is 15.7 Å². The van der Waals surface area contributed by atoms with Gasteiger partial charge in [-0.15, -0.1) is 0 Å². The highest BCUT2D eigenvalue weighted by molar-refractivity contribution is 9.10. The molecule has 2 amide bonds. The molecule has 2 N–H and O–H groups in total. The number of carbonyl (C=O) groups is 3. The SMILES string of the molecule is O=C(Nc1ccc(C(=O)[O-])cc1)C(=CC=Cc1ccccc1)NC(=O)c1ccc(Br)cc1. The maximum absolute atomic E-state index is 12.8. The maximum atomic E-state index is 12.8. The topological polar surface area (TPSA) is 98.3 Å². The first-order valence-electron chi connectivity index (χ1n) is 9.55. The molecule has 160 valence electrons. The van der Waals surface area contributed by atoms with Gasteiger partial charge in [-0.2, -0.15) is 0 Å². The van der Waals surface area contributed by atoms with Gasteiger partial charge in [0.1, 0.15) is 5.70 Å². The van der Waals surface area contributed by atoms with Crippen LogP contribution in [0.25, 0.3) is 6.08 Å². The first-order chi connectivity index (χ1) is 15.4. The van der Waals surface area contributed by atoms with Gasteiger partial charge in [0.2, 0.25) is 0 Å². The second-order valence-corrected chi connectivity index (χ2v) is 7.55. The first-order valence-corrected chi connectivity index (χ1v) is 10.3. The van der Waals surface area contributed by atoms with Crippen molar-refractivity contribution in [2.75, 3.05) is 5.32 Å². The van der Waals surface area contributed by atoms with Crippen molar-refractivity contribution < 1.29 is 19.5 Å². The van der Waals surface area contributed by atoms with Gasteiger partial charge in [0.15, 0.2) is 0 Å². The van der Waals surface area contributed by atoms with E-state index in [2.05, 4.69) is 26.6 Å². The zero-order valence-electron chi connectivity index (χ0n) is 16.7. The van der Waals surface area contributed by atoms with E-state index in [0.29, 0.717) is 11.3 Å². The van der Waals surface area contributed by atoms with Crippen LogP contribution in [-0.4, -0.2) is 17.8 Å². The van der Waals surface area contributed by atoms with E-state index in [9.17, 15) is 19.5 Å². The van der Waals surface area contributed by atoms with Crippen LogP contribution >= 0.6 is 15.9 Å². The van der Waals surface area contributed by atoms with Crippen LogP contribution in [-0.2, 0) is 4.79 Å². The van der Waals surface area contributed by atoms with Gasteiger partial charge < -0.3 is 20.5 Å². The summed E-state index contributed by atoms with van der Waals surface area (Å²) in [6, 6.07) is 21.7. The molecule has 6 nitrogen and oxygen atoms in total. The minimum absolute atomic E-state index is 0.00639. The van der Waals surface area contributed by atoms with Gasteiger partial charge in [0.25, 0.3) is 11.8 Å². The Morgan fingerprint density at radius 1 is 0.812 bits per heavy atom. The summed E-state index contributed by atoms with van der Waals surface area (Å²) in [7, 11) is 0. The van der Waals surface area contributed by atoms with Gasteiger partial charge in [0.05, 0.1) is 5.97 Å². The van der Waals surface area contributed by atoms with Crippen molar-refractivity contribution in [2.45, 2.75) is 0 Å². The molecule has 0 aliphatic carbocycles. The Hall–Kier alpha value is -3.97. The molecule has 0 spiro atoms. The number of hydrogen-bond donors (Lipinski definition) is 2. The molecule has 0 fully saturated rings. The average molecular weight is 490 g/mol. The highest BCUT2D eigenvalue weighted by Crippen LogP contribution is 2.13. The van der Waals surface area contributed by atoms with Crippen LogP contribution in [0.4, 0.5) is 5.69 Å². The number of aromatic carboxylic acids is 1. The van der Waals surface area contributed by atoms with Gasteiger partial charge in [-0.25, -0.2) is 0 Å². The van der Waals surface area contributed by atoms with E-state index >= 15 is 0 Å². The summed E-state index contributed by atoms with van der Waals surface area (Å²) < 4.78 is 0.827. The molecule has 0 atom stereocenters. The van der Waals surface area contributed by atoms with E-state index in [-0.39, 0.29) is 11.3 Å². The first kappa shape index (κ1) is 22.7. The number of amides is 2. The third kappa shape index (κ3) is 6.52. The van der Waals surface area contributed by atoms with E-state index in [1.54, 1.807) is 36.4 Å². The summed E-state index contributed by atoms with van der Waals surface area (Å²) in [6.07, 6.45) is 4.95. The van der Waals surface area contributed by atoms with E-state index in [4.69, 9.17) is 0 Å². The third-order valence-corrected chi connectivity index (χ3v) is 4.86. The number of carbonyl (C=O) groups excluding carboxylic acids is 3. The Labute approximate surface area is 193 Å². The summed E-state index contributed by atoms with van der Waals surface area (Å²) in [5, 5.41) is 16.2. The van der Waals surface area contributed by atoms with Crippen molar-refractivity contribution >= 4 is 45.5 Å². The molecule has 0 radical (unpaired) electrons. The Morgan fingerprint density at radius 2 is 1.44 bits per heavy atom. The van der Waals surface area contributed by atoms with Crippen LogP contribution in [0.2, 0.25) is 0 Å². The second kappa shape index (κ2) is 10.9. The zero-order chi connectivity index (χ0) is 22.9. The molecule has 0 unspecified atom stereocenters. The second-order valence-electron chi connectivity index (χ2n) is 6.63. The average Bonchev–Trinajstić information content (AvgIpc) is 2.79. The van der Waals surface area contributed by atoms with Crippen molar-refractivity contribution in [1.29, 1.82) is 0 Å². The van der Waals surface area contributed by atoms with Gasteiger partial charge >= 0.3 is 0 Å². The van der Waals surface area contributed by atoms with Crippen LogP contribution in [0.15, 0.2) is 101 Å². The molecule has 0 heterocycles. The summed E-state index contributed by atoms with van der Waals surface area (Å²) in [6.45, 7) is 0. The number of allylic oxidation sites excluding steroid dienone is 2. The number of carboxylic acid groups (broad SMARTS) is 1. The fourth-order valence-corrected chi connectivity index (χ4v) is 2.94. The monoisotopic (exact) mass is 489 g/mol. The fraction of sp³-hybridized carbons (Fsp3) is 0. The van der Waals surface area contributed by atoms with Crippen LogP contribution in [0, 0.1) is 0 Å². The van der Waals surface area contributed by atoms with Crippen molar-refractivity contribution in [2.24, 2.45) is 0 Å². The van der Waals surface area contributed by atoms with E-state index in [1.165, 1.54) is 30.3 Å². The molecule has 3 rings (SSSR count). The summed E-state index contributed by atoms with van der Waals surface area (Å²) in [5.74, 6) is -2.31. The normalized spacial score (nSPS) is 11.2. The number of benzene rings is 3. The lowest BCUT2D eigenvalue weighted by Crippen LogP contribution is -2.30. The molecular weight excluding hydrogens is 472 g/mol. The fourth-order valence-electron chi connectivity index (χ4n) is 2.68. The van der Waals surface area contributed by atoms with Gasteiger partial charge in [-0.3, -0.25) is 9.59 Å². The number of hydrogen-bond acceptors (Lipinski definition) is 4. The van der Waals surface area contributed by atoms with Crippen molar-refractivity contribution in [3.8, 4) is 0 Å². The molecule has 0 saturated carbocycles. The highest BCUT2D eigenvalue weighted by atomic mass is 79.9. The maximum Gasteiger partial charge on any atom is 0.272 e. The van der Waals surface area contributed by atoms with Gasteiger partial charge in [-0.05, 0) is 53.6 Å². The smallest absolute Gasteiger partial charge is 0.272 e. The third-order valence-electron chi connectivity index (χ3n) is 4.33. The molecule has 7 heteroatoms. The van der Waals surface area contributed by atoms with Gasteiger partial charge in [0, 0.05) is 15.7 Å². The Morgan fingerprint density at radius 3 is 2.06 bits per heavy atom. The molecule has 0 saturated heterocycles. The zero-order valence-corrected chi connectivity index (χ0v) is 18.3. The lowest BCUT2D eigenvalue weighted by Gasteiger charge is -2.11. The van der Waals surface area contributed by atoms with Crippen LogP contribution in [0.3, 0.4) is 0 Å².